The molecule has 1 aliphatic carbocycles. The summed E-state index contributed by atoms with van der Waals surface area (Å²) in [5.41, 5.74) is 1.21. The Kier molecular flexibility index (Phi) is 1.56. The predicted molar refractivity (Wildman–Crippen MR) is 34.1 cm³/mol. The van der Waals surface area contributed by atoms with Gasteiger partial charge in [0, 0.05) is 0 Å². The molecular weight excluding hydrogens is 116 g/mol. The molecule has 0 aromatic rings. The molecule has 0 fully saturated rings. The number of hydrogen-bond donors (Lipinski definition) is 1. The third kappa shape index (κ3) is 1.31. The number of carboxylic acid groups (broad SMARTS) is 1. The molecule has 0 aromatic carbocycles. The highest BCUT2D eigenvalue weighted by molar-refractivity contribution is 5.71. The molecule has 2 heteroatoms. The Labute approximate surface area is 54.2 Å². The van der Waals surface area contributed by atoms with Gasteiger partial charge in [0.05, 0.1) is 5.92 Å². The van der Waals surface area contributed by atoms with Gasteiger partial charge in [0.25, 0.3) is 0 Å². The molecule has 1 N–H and O–H groups in total. The lowest BCUT2D eigenvalue weighted by Crippen LogP contribution is -2.08. The molecule has 1 aliphatic rings. The van der Waals surface area contributed by atoms with Crippen LogP contribution < -0.4 is 0 Å². The van der Waals surface area contributed by atoms with Crippen LogP contribution in [0.1, 0.15) is 19.8 Å². The normalized spacial score (nSPS) is 25.9. The third-order valence-corrected chi connectivity index (χ3v) is 1.67. The molecule has 0 radical (unpaired) electrons. The Hall–Kier alpha value is -0.790. The summed E-state index contributed by atoms with van der Waals surface area (Å²) in [5, 5.41) is 8.50. The van der Waals surface area contributed by atoms with E-state index < -0.39 is 5.97 Å². The summed E-state index contributed by atoms with van der Waals surface area (Å²) in [7, 11) is 0. The van der Waals surface area contributed by atoms with Crippen molar-refractivity contribution in [1.82, 2.24) is 0 Å². The van der Waals surface area contributed by atoms with Crippen molar-refractivity contribution in [3.05, 3.63) is 11.6 Å². The highest BCUT2D eigenvalue weighted by Gasteiger charge is 2.20. The third-order valence-electron chi connectivity index (χ3n) is 1.67. The highest BCUT2D eigenvalue weighted by atomic mass is 16.4. The fourth-order valence-electron chi connectivity index (χ4n) is 1.09. The average molecular weight is 126 g/mol. The molecular formula is C7H10O2. The number of hydrogen-bond acceptors (Lipinski definition) is 1. The van der Waals surface area contributed by atoms with Crippen LogP contribution in [-0.2, 0) is 4.79 Å². The lowest BCUT2D eigenvalue weighted by molar-refractivity contribution is -0.141. The van der Waals surface area contributed by atoms with Gasteiger partial charge in [-0.25, -0.2) is 0 Å². The summed E-state index contributed by atoms with van der Waals surface area (Å²) in [4.78, 5) is 10.3. The minimum absolute atomic E-state index is 0.134. The number of allylic oxidation sites excluding steroid dienone is 2. The zero-order chi connectivity index (χ0) is 6.85. The maximum atomic E-state index is 10.3. The van der Waals surface area contributed by atoms with E-state index in [9.17, 15) is 4.79 Å². The Balaban J connectivity index is 2.47. The maximum absolute atomic E-state index is 10.3. The fraction of sp³-hybridized carbons (Fsp3) is 0.571. The molecule has 50 valence electrons. The second kappa shape index (κ2) is 2.21. The lowest BCUT2D eigenvalue weighted by Gasteiger charge is -1.99. The van der Waals surface area contributed by atoms with Crippen molar-refractivity contribution >= 4 is 5.97 Å². The summed E-state index contributed by atoms with van der Waals surface area (Å²) in [6.45, 7) is 1.98. The van der Waals surface area contributed by atoms with Gasteiger partial charge in [-0.15, -0.1) is 0 Å². The Bertz CT molecular complexity index is 158. The van der Waals surface area contributed by atoms with E-state index in [2.05, 4.69) is 0 Å². The number of rotatable bonds is 1. The number of carbonyl (C=O) groups is 1. The molecule has 0 aromatic heterocycles. The zero-order valence-electron chi connectivity index (χ0n) is 5.42. The monoisotopic (exact) mass is 126 g/mol. The van der Waals surface area contributed by atoms with Gasteiger partial charge in [-0.1, -0.05) is 11.6 Å². The lowest BCUT2D eigenvalue weighted by atomic mass is 10.1. The second-order valence-electron chi connectivity index (χ2n) is 2.53. The Morgan fingerprint density at radius 2 is 2.56 bits per heavy atom. The summed E-state index contributed by atoms with van der Waals surface area (Å²) < 4.78 is 0. The van der Waals surface area contributed by atoms with E-state index >= 15 is 0 Å². The van der Waals surface area contributed by atoms with Gasteiger partial charge in [-0.2, -0.15) is 0 Å². The largest absolute Gasteiger partial charge is 0.481 e. The van der Waals surface area contributed by atoms with Crippen LogP contribution in [0.25, 0.3) is 0 Å². The van der Waals surface area contributed by atoms with Gasteiger partial charge in [0.15, 0.2) is 0 Å². The second-order valence-corrected chi connectivity index (χ2v) is 2.53. The Morgan fingerprint density at radius 1 is 1.89 bits per heavy atom. The van der Waals surface area contributed by atoms with Crippen molar-refractivity contribution in [2.75, 3.05) is 0 Å². The van der Waals surface area contributed by atoms with Gasteiger partial charge in [0.2, 0.25) is 0 Å². The van der Waals surface area contributed by atoms with Crippen molar-refractivity contribution in [3.63, 3.8) is 0 Å². The quantitative estimate of drug-likeness (QED) is 0.539. The van der Waals surface area contributed by atoms with Crippen molar-refractivity contribution in [1.29, 1.82) is 0 Å². The molecule has 0 bridgehead atoms. The van der Waals surface area contributed by atoms with Crippen molar-refractivity contribution in [2.24, 2.45) is 5.92 Å². The molecule has 0 heterocycles. The molecule has 0 saturated heterocycles. The fourth-order valence-corrected chi connectivity index (χ4v) is 1.09. The van der Waals surface area contributed by atoms with E-state index in [1.807, 2.05) is 13.0 Å². The topological polar surface area (TPSA) is 37.3 Å². The first kappa shape index (κ1) is 6.33. The molecule has 9 heavy (non-hydrogen) atoms. The maximum Gasteiger partial charge on any atom is 0.307 e. The summed E-state index contributed by atoms with van der Waals surface area (Å²) in [6, 6.07) is 0. The number of aliphatic carboxylic acids is 1. The molecule has 0 aliphatic heterocycles. The summed E-state index contributed by atoms with van der Waals surface area (Å²) >= 11 is 0. The van der Waals surface area contributed by atoms with Crippen molar-refractivity contribution in [3.8, 4) is 0 Å². The van der Waals surface area contributed by atoms with Crippen LogP contribution in [0, 0.1) is 5.92 Å². The zero-order valence-corrected chi connectivity index (χ0v) is 5.42. The van der Waals surface area contributed by atoms with E-state index in [1.54, 1.807) is 0 Å². The van der Waals surface area contributed by atoms with Crippen LogP contribution in [0.4, 0.5) is 0 Å². The van der Waals surface area contributed by atoms with Gasteiger partial charge in [-0.3, -0.25) is 4.79 Å². The van der Waals surface area contributed by atoms with Crippen LogP contribution in [0.3, 0.4) is 0 Å². The van der Waals surface area contributed by atoms with E-state index in [0.29, 0.717) is 0 Å². The van der Waals surface area contributed by atoms with Crippen molar-refractivity contribution < 1.29 is 9.90 Å². The van der Waals surface area contributed by atoms with Crippen LogP contribution in [0.5, 0.6) is 0 Å². The summed E-state index contributed by atoms with van der Waals surface area (Å²) in [5.74, 6) is -0.798. The van der Waals surface area contributed by atoms with E-state index in [0.717, 1.165) is 12.8 Å². The standard InChI is InChI=1S/C7H10O2/c1-5-2-3-6(4-5)7(8)9/h2,6H,3-4H2,1H3,(H,8,9)/t6-/m1/s1. The predicted octanol–water partition coefficient (Wildman–Crippen LogP) is 1.43. The molecule has 0 spiro atoms. The minimum atomic E-state index is -0.664. The first-order valence-electron chi connectivity index (χ1n) is 3.08. The van der Waals surface area contributed by atoms with Crippen LogP contribution in [0.2, 0.25) is 0 Å². The molecule has 2 nitrogen and oxygen atoms in total. The first-order valence-corrected chi connectivity index (χ1v) is 3.08. The molecule has 0 unspecified atom stereocenters. The van der Waals surface area contributed by atoms with Crippen LogP contribution >= 0.6 is 0 Å². The van der Waals surface area contributed by atoms with E-state index in [-0.39, 0.29) is 5.92 Å². The minimum Gasteiger partial charge on any atom is -0.481 e. The van der Waals surface area contributed by atoms with Gasteiger partial charge < -0.3 is 5.11 Å². The Morgan fingerprint density at radius 3 is 2.78 bits per heavy atom. The SMILES string of the molecule is CC1=CC[C@@H](C(=O)O)C1. The summed E-state index contributed by atoms with van der Waals surface area (Å²) in [6.07, 6.45) is 3.47. The molecule has 0 amide bonds. The smallest absolute Gasteiger partial charge is 0.307 e. The van der Waals surface area contributed by atoms with Gasteiger partial charge in [-0.05, 0) is 19.8 Å². The van der Waals surface area contributed by atoms with Crippen LogP contribution in [0.15, 0.2) is 11.6 Å². The molecule has 0 saturated carbocycles. The highest BCUT2D eigenvalue weighted by Crippen LogP contribution is 2.23. The molecule has 1 rings (SSSR count). The molecule has 1 atom stereocenters. The van der Waals surface area contributed by atoms with Gasteiger partial charge >= 0.3 is 5.97 Å². The average Bonchev–Trinajstić information content (AvgIpc) is 2.14. The van der Waals surface area contributed by atoms with Crippen molar-refractivity contribution in [2.45, 2.75) is 19.8 Å². The number of carboxylic acids is 1. The van der Waals surface area contributed by atoms with Crippen LogP contribution in [-0.4, -0.2) is 11.1 Å². The van der Waals surface area contributed by atoms with E-state index in [1.165, 1.54) is 5.57 Å². The van der Waals surface area contributed by atoms with Gasteiger partial charge in [0.1, 0.15) is 0 Å². The first-order chi connectivity index (χ1) is 4.20. The van der Waals surface area contributed by atoms with E-state index in [4.69, 9.17) is 5.11 Å².